The smallest absolute Gasteiger partial charge is 0.239 e. The lowest BCUT2D eigenvalue weighted by Gasteiger charge is -2.09. The average molecular weight is 222 g/mol. The number of aryl methyl sites for hydroxylation is 1. The van der Waals surface area contributed by atoms with E-state index in [2.05, 4.69) is 20.6 Å². The molecule has 0 bridgehead atoms. The Bertz CT molecular complexity index is 376. The molecule has 0 aliphatic rings. The number of carbonyl (C=O) groups is 1. The predicted molar refractivity (Wildman–Crippen MR) is 63.4 cm³/mol. The largest absolute Gasteiger partial charge is 0.361 e. The molecule has 5 nitrogen and oxygen atoms in total. The predicted octanol–water partition coefficient (Wildman–Crippen LogP) is 1.07. The minimum atomic E-state index is -0.0673. The standard InChI is InChI=1S/C11H18N4O/c1-7(2)11-14-8(3)5-9(15-11)13-6-10(16)12-4/h5,7H,6H2,1-4H3,(H,12,16)(H,13,14,15). The van der Waals surface area contributed by atoms with Gasteiger partial charge in [-0.3, -0.25) is 4.79 Å². The van der Waals surface area contributed by atoms with Crippen LogP contribution in [0.3, 0.4) is 0 Å². The molecule has 5 heteroatoms. The van der Waals surface area contributed by atoms with Crippen molar-refractivity contribution in [2.75, 3.05) is 18.9 Å². The summed E-state index contributed by atoms with van der Waals surface area (Å²) < 4.78 is 0. The van der Waals surface area contributed by atoms with E-state index < -0.39 is 0 Å². The minimum Gasteiger partial charge on any atom is -0.361 e. The van der Waals surface area contributed by atoms with Crippen molar-refractivity contribution in [3.8, 4) is 0 Å². The van der Waals surface area contributed by atoms with Gasteiger partial charge in [-0.15, -0.1) is 0 Å². The van der Waals surface area contributed by atoms with Crippen LogP contribution in [0.15, 0.2) is 6.07 Å². The highest BCUT2D eigenvalue weighted by atomic mass is 16.1. The van der Waals surface area contributed by atoms with E-state index in [1.54, 1.807) is 7.05 Å². The van der Waals surface area contributed by atoms with Crippen molar-refractivity contribution in [3.63, 3.8) is 0 Å². The van der Waals surface area contributed by atoms with E-state index in [1.807, 2.05) is 26.8 Å². The van der Waals surface area contributed by atoms with Crippen LogP contribution in [0.25, 0.3) is 0 Å². The number of likely N-dealkylation sites (N-methyl/N-ethyl adjacent to an activating group) is 1. The molecular formula is C11H18N4O. The van der Waals surface area contributed by atoms with E-state index in [1.165, 1.54) is 0 Å². The van der Waals surface area contributed by atoms with Crippen molar-refractivity contribution in [1.29, 1.82) is 0 Å². The van der Waals surface area contributed by atoms with Gasteiger partial charge in [-0.2, -0.15) is 0 Å². The van der Waals surface area contributed by atoms with Gasteiger partial charge in [0.1, 0.15) is 11.6 Å². The van der Waals surface area contributed by atoms with Crippen molar-refractivity contribution < 1.29 is 4.79 Å². The molecule has 16 heavy (non-hydrogen) atoms. The molecule has 0 radical (unpaired) electrons. The first-order valence-corrected chi connectivity index (χ1v) is 5.33. The molecule has 1 aromatic heterocycles. The van der Waals surface area contributed by atoms with Crippen molar-refractivity contribution in [2.24, 2.45) is 0 Å². The molecule has 1 amide bonds. The normalized spacial score (nSPS) is 10.3. The topological polar surface area (TPSA) is 66.9 Å². The van der Waals surface area contributed by atoms with Gasteiger partial charge in [0.2, 0.25) is 5.91 Å². The molecule has 2 N–H and O–H groups in total. The molecule has 0 saturated heterocycles. The van der Waals surface area contributed by atoms with Gasteiger partial charge in [0.25, 0.3) is 0 Å². The highest BCUT2D eigenvalue weighted by Crippen LogP contribution is 2.13. The van der Waals surface area contributed by atoms with E-state index >= 15 is 0 Å². The van der Waals surface area contributed by atoms with Crippen molar-refractivity contribution >= 4 is 11.7 Å². The van der Waals surface area contributed by atoms with Crippen LogP contribution in [0.4, 0.5) is 5.82 Å². The van der Waals surface area contributed by atoms with Crippen LogP contribution < -0.4 is 10.6 Å². The summed E-state index contributed by atoms with van der Waals surface area (Å²) in [5.74, 6) is 1.70. The molecule has 0 unspecified atom stereocenters. The van der Waals surface area contributed by atoms with Gasteiger partial charge in [0.15, 0.2) is 0 Å². The average Bonchev–Trinajstić information content (AvgIpc) is 2.25. The van der Waals surface area contributed by atoms with E-state index in [-0.39, 0.29) is 18.4 Å². The monoisotopic (exact) mass is 222 g/mol. The van der Waals surface area contributed by atoms with Crippen molar-refractivity contribution in [1.82, 2.24) is 15.3 Å². The van der Waals surface area contributed by atoms with Gasteiger partial charge in [-0.05, 0) is 6.92 Å². The summed E-state index contributed by atoms with van der Waals surface area (Å²) >= 11 is 0. The number of hydrogen-bond donors (Lipinski definition) is 2. The molecule has 0 aromatic carbocycles. The molecule has 0 aliphatic heterocycles. The van der Waals surface area contributed by atoms with Crippen LogP contribution in [0.2, 0.25) is 0 Å². The van der Waals surface area contributed by atoms with Gasteiger partial charge in [-0.25, -0.2) is 9.97 Å². The maximum absolute atomic E-state index is 11.1. The first kappa shape index (κ1) is 12.4. The van der Waals surface area contributed by atoms with E-state index in [0.29, 0.717) is 5.82 Å². The van der Waals surface area contributed by atoms with Crippen LogP contribution in [-0.2, 0) is 4.79 Å². The molecule has 88 valence electrons. The summed E-state index contributed by atoms with van der Waals surface area (Å²) in [6.07, 6.45) is 0. The van der Waals surface area contributed by atoms with E-state index in [4.69, 9.17) is 0 Å². The Kier molecular flexibility index (Phi) is 4.22. The summed E-state index contributed by atoms with van der Waals surface area (Å²) in [5, 5.41) is 5.51. The zero-order chi connectivity index (χ0) is 12.1. The number of aromatic nitrogens is 2. The number of anilines is 1. The Morgan fingerprint density at radius 1 is 1.44 bits per heavy atom. The summed E-state index contributed by atoms with van der Waals surface area (Å²) in [7, 11) is 1.61. The summed E-state index contributed by atoms with van der Waals surface area (Å²) in [6, 6.07) is 1.83. The Morgan fingerprint density at radius 2 is 2.12 bits per heavy atom. The highest BCUT2D eigenvalue weighted by Gasteiger charge is 2.06. The number of nitrogens with zero attached hydrogens (tertiary/aromatic N) is 2. The zero-order valence-corrected chi connectivity index (χ0v) is 10.2. The number of carbonyl (C=O) groups excluding carboxylic acids is 1. The highest BCUT2D eigenvalue weighted by molar-refractivity contribution is 5.80. The van der Waals surface area contributed by atoms with Gasteiger partial charge < -0.3 is 10.6 Å². The maximum atomic E-state index is 11.1. The number of rotatable bonds is 4. The summed E-state index contributed by atoms with van der Waals surface area (Å²) in [6.45, 7) is 6.22. The maximum Gasteiger partial charge on any atom is 0.239 e. The number of amides is 1. The zero-order valence-electron chi connectivity index (χ0n) is 10.2. The van der Waals surface area contributed by atoms with Crippen molar-refractivity contribution in [3.05, 3.63) is 17.6 Å². The lowest BCUT2D eigenvalue weighted by Crippen LogP contribution is -2.26. The van der Waals surface area contributed by atoms with E-state index in [9.17, 15) is 4.79 Å². The first-order valence-electron chi connectivity index (χ1n) is 5.33. The molecule has 0 saturated carbocycles. The van der Waals surface area contributed by atoms with Crippen LogP contribution in [0, 0.1) is 6.92 Å². The SMILES string of the molecule is CNC(=O)CNc1cc(C)nc(C(C)C)n1. The number of hydrogen-bond acceptors (Lipinski definition) is 4. The van der Waals surface area contributed by atoms with Crippen LogP contribution in [0.5, 0.6) is 0 Å². The fraction of sp³-hybridized carbons (Fsp3) is 0.545. The van der Waals surface area contributed by atoms with Crippen LogP contribution in [-0.4, -0.2) is 29.5 Å². The lowest BCUT2D eigenvalue weighted by molar-refractivity contribution is -0.118. The quantitative estimate of drug-likeness (QED) is 0.799. The molecule has 1 rings (SSSR count). The molecule has 1 heterocycles. The molecular weight excluding hydrogens is 204 g/mol. The Morgan fingerprint density at radius 3 is 2.69 bits per heavy atom. The van der Waals surface area contributed by atoms with Crippen LogP contribution >= 0.6 is 0 Å². The second-order valence-electron chi connectivity index (χ2n) is 3.93. The van der Waals surface area contributed by atoms with Gasteiger partial charge in [-0.1, -0.05) is 13.8 Å². The third-order valence-corrected chi connectivity index (χ3v) is 2.10. The lowest BCUT2D eigenvalue weighted by atomic mass is 10.2. The van der Waals surface area contributed by atoms with Gasteiger partial charge in [0.05, 0.1) is 6.54 Å². The third kappa shape index (κ3) is 3.49. The van der Waals surface area contributed by atoms with E-state index in [0.717, 1.165) is 11.5 Å². The van der Waals surface area contributed by atoms with Crippen LogP contribution in [0.1, 0.15) is 31.3 Å². The fourth-order valence-corrected chi connectivity index (χ4v) is 1.20. The molecule has 0 atom stereocenters. The van der Waals surface area contributed by atoms with Gasteiger partial charge in [0, 0.05) is 24.7 Å². The first-order chi connectivity index (χ1) is 7.52. The fourth-order valence-electron chi connectivity index (χ4n) is 1.20. The Labute approximate surface area is 95.7 Å². The molecule has 0 fully saturated rings. The molecule has 0 aliphatic carbocycles. The van der Waals surface area contributed by atoms with Gasteiger partial charge >= 0.3 is 0 Å². The number of nitrogens with one attached hydrogen (secondary N) is 2. The third-order valence-electron chi connectivity index (χ3n) is 2.10. The summed E-state index contributed by atoms with van der Waals surface area (Å²) in [5.41, 5.74) is 0.901. The minimum absolute atomic E-state index is 0.0673. The molecule has 0 spiro atoms. The Hall–Kier alpha value is -1.65. The Balaban J connectivity index is 2.76. The second kappa shape index (κ2) is 5.44. The second-order valence-corrected chi connectivity index (χ2v) is 3.93. The molecule has 1 aromatic rings. The summed E-state index contributed by atoms with van der Waals surface area (Å²) in [4.78, 5) is 19.7. The van der Waals surface area contributed by atoms with Crippen molar-refractivity contribution in [2.45, 2.75) is 26.7 Å².